The molecule has 0 aliphatic rings. The lowest BCUT2D eigenvalue weighted by Gasteiger charge is -2.12. The van der Waals surface area contributed by atoms with Crippen molar-refractivity contribution in [2.45, 2.75) is 40.7 Å². The highest BCUT2D eigenvalue weighted by atomic mass is 16.5. The summed E-state index contributed by atoms with van der Waals surface area (Å²) in [6.07, 6.45) is 2.90. The monoisotopic (exact) mass is 308 g/mol. The number of imidazole rings is 1. The van der Waals surface area contributed by atoms with Crippen LogP contribution < -0.4 is 4.74 Å². The molecule has 0 bridgehead atoms. The van der Waals surface area contributed by atoms with Crippen LogP contribution in [0.25, 0.3) is 11.0 Å². The Kier molecular flexibility index (Phi) is 4.37. The first-order chi connectivity index (χ1) is 11.1. The fourth-order valence-electron chi connectivity index (χ4n) is 2.93. The standard InChI is InChI=1S/C20H24N2O/c1-14-7-5-8-15(2)20(14)23-10-6-9-22-13-21-18-11-16(3)17(4)12-19(18)22/h5,7-8,11-13H,6,9-10H2,1-4H3. The molecule has 3 nitrogen and oxygen atoms in total. The molecule has 0 amide bonds. The predicted octanol–water partition coefficient (Wildman–Crippen LogP) is 4.74. The molecule has 1 aromatic heterocycles. The molecule has 0 unspecified atom stereocenters. The number of fused-ring (bicyclic) bond motifs is 1. The van der Waals surface area contributed by atoms with Crippen LogP contribution in [0.15, 0.2) is 36.7 Å². The molecule has 0 atom stereocenters. The van der Waals surface area contributed by atoms with Crippen LogP contribution in [0.3, 0.4) is 0 Å². The molecule has 3 aromatic rings. The summed E-state index contributed by atoms with van der Waals surface area (Å²) in [5, 5.41) is 0. The van der Waals surface area contributed by atoms with Crippen LogP contribution in [0, 0.1) is 27.7 Å². The van der Waals surface area contributed by atoms with Crippen molar-refractivity contribution >= 4 is 11.0 Å². The van der Waals surface area contributed by atoms with E-state index in [0.717, 1.165) is 30.8 Å². The van der Waals surface area contributed by atoms with Crippen LogP contribution in [0.5, 0.6) is 5.75 Å². The highest BCUT2D eigenvalue weighted by Gasteiger charge is 2.06. The highest BCUT2D eigenvalue weighted by Crippen LogP contribution is 2.23. The van der Waals surface area contributed by atoms with Crippen LogP contribution >= 0.6 is 0 Å². The number of ether oxygens (including phenoxy) is 1. The van der Waals surface area contributed by atoms with Crippen molar-refractivity contribution in [3.8, 4) is 5.75 Å². The molecule has 23 heavy (non-hydrogen) atoms. The number of hydrogen-bond donors (Lipinski definition) is 0. The van der Waals surface area contributed by atoms with E-state index in [4.69, 9.17) is 4.74 Å². The fourth-order valence-corrected chi connectivity index (χ4v) is 2.93. The molecule has 2 aromatic carbocycles. The van der Waals surface area contributed by atoms with E-state index >= 15 is 0 Å². The van der Waals surface area contributed by atoms with Crippen molar-refractivity contribution in [3.63, 3.8) is 0 Å². The van der Waals surface area contributed by atoms with E-state index in [-0.39, 0.29) is 0 Å². The summed E-state index contributed by atoms with van der Waals surface area (Å²) >= 11 is 0. The molecule has 0 radical (unpaired) electrons. The molecule has 0 N–H and O–H groups in total. The molecule has 3 heteroatoms. The molecular formula is C20H24N2O. The minimum Gasteiger partial charge on any atom is -0.493 e. The Balaban J connectivity index is 1.64. The molecule has 120 valence electrons. The van der Waals surface area contributed by atoms with Gasteiger partial charge in [0.25, 0.3) is 0 Å². The SMILES string of the molecule is Cc1cc2ncn(CCCOc3c(C)cccc3C)c2cc1C. The smallest absolute Gasteiger partial charge is 0.125 e. The molecule has 0 saturated carbocycles. The summed E-state index contributed by atoms with van der Waals surface area (Å²) in [7, 11) is 0. The first-order valence-electron chi connectivity index (χ1n) is 8.17. The van der Waals surface area contributed by atoms with Crippen LogP contribution in [-0.2, 0) is 6.54 Å². The molecule has 1 heterocycles. The summed E-state index contributed by atoms with van der Waals surface area (Å²) in [5.74, 6) is 1.02. The van der Waals surface area contributed by atoms with Gasteiger partial charge in [-0.15, -0.1) is 0 Å². The Labute approximate surface area is 137 Å². The van der Waals surface area contributed by atoms with E-state index < -0.39 is 0 Å². The maximum atomic E-state index is 5.99. The molecule has 0 aliphatic carbocycles. The summed E-state index contributed by atoms with van der Waals surface area (Å²) in [6.45, 7) is 10.1. The van der Waals surface area contributed by atoms with Gasteiger partial charge in [-0.25, -0.2) is 4.98 Å². The van der Waals surface area contributed by atoms with E-state index in [9.17, 15) is 0 Å². The minimum atomic E-state index is 0.718. The van der Waals surface area contributed by atoms with E-state index in [2.05, 4.69) is 67.6 Å². The van der Waals surface area contributed by atoms with Gasteiger partial charge < -0.3 is 9.30 Å². The first kappa shape index (κ1) is 15.6. The Bertz CT molecular complexity index is 813. The van der Waals surface area contributed by atoms with Gasteiger partial charge >= 0.3 is 0 Å². The Morgan fingerprint density at radius 1 is 0.957 bits per heavy atom. The lowest BCUT2D eigenvalue weighted by Crippen LogP contribution is -2.05. The van der Waals surface area contributed by atoms with Gasteiger partial charge in [0.2, 0.25) is 0 Å². The van der Waals surface area contributed by atoms with E-state index in [0.29, 0.717) is 0 Å². The summed E-state index contributed by atoms with van der Waals surface area (Å²) in [6, 6.07) is 10.6. The number of benzene rings is 2. The van der Waals surface area contributed by atoms with Crippen LogP contribution in [0.1, 0.15) is 28.7 Å². The summed E-state index contributed by atoms with van der Waals surface area (Å²) in [4.78, 5) is 4.51. The van der Waals surface area contributed by atoms with Gasteiger partial charge in [0.1, 0.15) is 5.75 Å². The normalized spacial score (nSPS) is 11.1. The lowest BCUT2D eigenvalue weighted by atomic mass is 10.1. The third kappa shape index (κ3) is 3.24. The topological polar surface area (TPSA) is 27.1 Å². The third-order valence-electron chi connectivity index (χ3n) is 4.44. The van der Waals surface area contributed by atoms with E-state index in [1.165, 1.54) is 27.8 Å². The van der Waals surface area contributed by atoms with Gasteiger partial charge in [-0.1, -0.05) is 18.2 Å². The van der Waals surface area contributed by atoms with Gasteiger partial charge in [-0.2, -0.15) is 0 Å². The van der Waals surface area contributed by atoms with Gasteiger partial charge in [-0.05, 0) is 68.5 Å². The van der Waals surface area contributed by atoms with Crippen molar-refractivity contribution in [2.24, 2.45) is 0 Å². The van der Waals surface area contributed by atoms with Crippen LogP contribution in [-0.4, -0.2) is 16.2 Å². The molecule has 0 aliphatic heterocycles. The Morgan fingerprint density at radius 3 is 2.39 bits per heavy atom. The van der Waals surface area contributed by atoms with Crippen molar-refractivity contribution in [1.29, 1.82) is 0 Å². The van der Waals surface area contributed by atoms with Crippen molar-refractivity contribution in [1.82, 2.24) is 9.55 Å². The second-order valence-electron chi connectivity index (χ2n) is 6.29. The highest BCUT2D eigenvalue weighted by molar-refractivity contribution is 5.77. The summed E-state index contributed by atoms with van der Waals surface area (Å²) in [5.41, 5.74) is 7.28. The second-order valence-corrected chi connectivity index (χ2v) is 6.29. The molecule has 0 fully saturated rings. The largest absolute Gasteiger partial charge is 0.493 e. The summed E-state index contributed by atoms with van der Waals surface area (Å²) < 4.78 is 8.21. The van der Waals surface area contributed by atoms with Gasteiger partial charge in [0.05, 0.1) is 24.0 Å². The van der Waals surface area contributed by atoms with Crippen LogP contribution in [0.2, 0.25) is 0 Å². The number of aromatic nitrogens is 2. The maximum absolute atomic E-state index is 5.99. The number of aryl methyl sites for hydroxylation is 5. The van der Waals surface area contributed by atoms with E-state index in [1.807, 2.05) is 6.33 Å². The van der Waals surface area contributed by atoms with Crippen molar-refractivity contribution < 1.29 is 4.74 Å². The van der Waals surface area contributed by atoms with Gasteiger partial charge in [0, 0.05) is 6.54 Å². The molecule has 0 spiro atoms. The maximum Gasteiger partial charge on any atom is 0.125 e. The zero-order valence-corrected chi connectivity index (χ0v) is 14.4. The number of para-hydroxylation sites is 1. The molecular weight excluding hydrogens is 284 g/mol. The average molecular weight is 308 g/mol. The second kappa shape index (κ2) is 6.45. The first-order valence-corrected chi connectivity index (χ1v) is 8.17. The number of hydrogen-bond acceptors (Lipinski definition) is 2. The Hall–Kier alpha value is -2.29. The lowest BCUT2D eigenvalue weighted by molar-refractivity contribution is 0.299. The minimum absolute atomic E-state index is 0.718. The zero-order chi connectivity index (χ0) is 16.4. The predicted molar refractivity (Wildman–Crippen MR) is 95.2 cm³/mol. The van der Waals surface area contributed by atoms with Crippen molar-refractivity contribution in [2.75, 3.05) is 6.61 Å². The number of rotatable bonds is 5. The van der Waals surface area contributed by atoms with Crippen LogP contribution in [0.4, 0.5) is 0 Å². The average Bonchev–Trinajstić information content (AvgIpc) is 2.89. The van der Waals surface area contributed by atoms with E-state index in [1.54, 1.807) is 0 Å². The van der Waals surface area contributed by atoms with Gasteiger partial charge in [-0.3, -0.25) is 0 Å². The van der Waals surface area contributed by atoms with Crippen molar-refractivity contribution in [3.05, 3.63) is 58.9 Å². The number of nitrogens with zero attached hydrogens (tertiary/aromatic N) is 2. The Morgan fingerprint density at radius 2 is 1.65 bits per heavy atom. The zero-order valence-electron chi connectivity index (χ0n) is 14.4. The van der Waals surface area contributed by atoms with Gasteiger partial charge in [0.15, 0.2) is 0 Å². The molecule has 0 saturated heterocycles. The fraction of sp³-hybridized carbons (Fsp3) is 0.350. The molecule has 3 rings (SSSR count). The third-order valence-corrected chi connectivity index (χ3v) is 4.44. The quantitative estimate of drug-likeness (QED) is 0.637.